The van der Waals surface area contributed by atoms with E-state index >= 15 is 0 Å². The van der Waals surface area contributed by atoms with Crippen LogP contribution in [0.25, 0.3) is 0 Å². The Hall–Kier alpha value is -1.15. The molecule has 8 heteroatoms. The number of aliphatic carboxylic acids is 1. The van der Waals surface area contributed by atoms with E-state index in [1.165, 1.54) is 0 Å². The van der Waals surface area contributed by atoms with Gasteiger partial charge in [0.25, 0.3) is 10.1 Å². The summed E-state index contributed by atoms with van der Waals surface area (Å²) in [6, 6.07) is 0. The Bertz CT molecular complexity index is 513. The average molecular weight is 336 g/mol. The van der Waals surface area contributed by atoms with Crippen LogP contribution < -0.4 is 0 Å². The highest BCUT2D eigenvalue weighted by Crippen LogP contribution is 2.41. The van der Waals surface area contributed by atoms with E-state index in [1.807, 2.05) is 13.8 Å². The van der Waals surface area contributed by atoms with Gasteiger partial charge in [0, 0.05) is 0 Å². The molecule has 0 aromatic heterocycles. The van der Waals surface area contributed by atoms with Crippen LogP contribution >= 0.6 is 0 Å². The van der Waals surface area contributed by atoms with E-state index in [9.17, 15) is 18.0 Å². The third-order valence-electron chi connectivity index (χ3n) is 4.52. The summed E-state index contributed by atoms with van der Waals surface area (Å²) >= 11 is 0. The monoisotopic (exact) mass is 336 g/mol. The largest absolute Gasteiger partial charge is 0.481 e. The van der Waals surface area contributed by atoms with Gasteiger partial charge in [0.2, 0.25) is 0 Å². The fourth-order valence-electron chi connectivity index (χ4n) is 3.27. The summed E-state index contributed by atoms with van der Waals surface area (Å²) in [6.45, 7) is 3.84. The van der Waals surface area contributed by atoms with Crippen LogP contribution in [0.5, 0.6) is 0 Å². The van der Waals surface area contributed by atoms with Gasteiger partial charge in [0.05, 0.1) is 6.42 Å². The Labute approximate surface area is 130 Å². The summed E-state index contributed by atoms with van der Waals surface area (Å²) in [5.41, 5.74) is -0.772. The fourth-order valence-corrected chi connectivity index (χ4v) is 3.91. The van der Waals surface area contributed by atoms with Gasteiger partial charge >= 0.3 is 11.9 Å². The number of hydrogen-bond acceptors (Lipinski definition) is 5. The van der Waals surface area contributed by atoms with Crippen molar-refractivity contribution >= 4 is 22.1 Å². The van der Waals surface area contributed by atoms with Crippen molar-refractivity contribution in [3.05, 3.63) is 0 Å². The maximum atomic E-state index is 12.2. The third kappa shape index (κ3) is 4.42. The first-order valence-corrected chi connectivity index (χ1v) is 9.07. The number of rotatable bonds is 7. The normalized spacial score (nSPS) is 27.1. The van der Waals surface area contributed by atoms with E-state index in [-0.39, 0.29) is 5.92 Å². The molecule has 0 spiro atoms. The van der Waals surface area contributed by atoms with Gasteiger partial charge in [-0.1, -0.05) is 20.3 Å². The minimum absolute atomic E-state index is 0.113. The maximum absolute atomic E-state index is 12.2. The lowest BCUT2D eigenvalue weighted by Gasteiger charge is -2.43. The molecule has 3 atom stereocenters. The van der Waals surface area contributed by atoms with E-state index in [4.69, 9.17) is 14.4 Å². The zero-order chi connectivity index (χ0) is 17.0. The van der Waals surface area contributed by atoms with Crippen LogP contribution in [0.3, 0.4) is 0 Å². The van der Waals surface area contributed by atoms with Gasteiger partial charge < -0.3 is 9.84 Å². The quantitative estimate of drug-likeness (QED) is 0.539. The molecule has 1 saturated carbocycles. The minimum atomic E-state index is -4.82. The molecular weight excluding hydrogens is 312 g/mol. The molecule has 0 amide bonds. The Morgan fingerprint density at radius 3 is 2.41 bits per heavy atom. The highest BCUT2D eigenvalue weighted by molar-refractivity contribution is 7.87. The number of ether oxygens (including phenoxy) is 1. The number of carboxylic acid groups (broad SMARTS) is 1. The lowest BCUT2D eigenvalue weighted by Crippen LogP contribution is -2.47. The summed E-state index contributed by atoms with van der Waals surface area (Å²) in [5, 5.41) is 6.66. The van der Waals surface area contributed by atoms with Crippen LogP contribution in [0.15, 0.2) is 0 Å². The molecule has 22 heavy (non-hydrogen) atoms. The summed E-state index contributed by atoms with van der Waals surface area (Å²) in [5.74, 6) is -2.55. The number of carbonyl (C=O) groups is 2. The Kier molecular flexibility index (Phi) is 6.37. The van der Waals surface area contributed by atoms with E-state index in [0.717, 1.165) is 25.7 Å². The van der Waals surface area contributed by atoms with E-state index in [0.29, 0.717) is 12.8 Å². The SMILES string of the molecule is CCC1CCCCC1(CC)OC(=O)C(CC(=O)O)S(=O)(=O)O. The molecule has 0 aliphatic heterocycles. The lowest BCUT2D eigenvalue weighted by molar-refractivity contribution is -0.172. The van der Waals surface area contributed by atoms with Gasteiger partial charge in [-0.15, -0.1) is 0 Å². The van der Waals surface area contributed by atoms with Gasteiger partial charge in [-0.3, -0.25) is 14.1 Å². The second kappa shape index (κ2) is 7.41. The zero-order valence-corrected chi connectivity index (χ0v) is 13.8. The van der Waals surface area contributed by atoms with E-state index in [1.54, 1.807) is 0 Å². The van der Waals surface area contributed by atoms with Crippen LogP contribution in [0, 0.1) is 5.92 Å². The van der Waals surface area contributed by atoms with Gasteiger partial charge in [0.1, 0.15) is 5.60 Å². The van der Waals surface area contributed by atoms with Crippen LogP contribution in [0.1, 0.15) is 58.8 Å². The van der Waals surface area contributed by atoms with Crippen LogP contribution in [-0.4, -0.2) is 40.9 Å². The molecule has 1 rings (SSSR count). The second-order valence-corrected chi connectivity index (χ2v) is 7.39. The first kappa shape index (κ1) is 18.9. The first-order valence-electron chi connectivity index (χ1n) is 7.57. The average Bonchev–Trinajstić information content (AvgIpc) is 2.43. The minimum Gasteiger partial charge on any atom is -0.481 e. The molecule has 7 nitrogen and oxygen atoms in total. The molecule has 3 unspecified atom stereocenters. The highest BCUT2D eigenvalue weighted by Gasteiger charge is 2.45. The molecule has 1 aliphatic rings. The van der Waals surface area contributed by atoms with Gasteiger partial charge in [-0.2, -0.15) is 8.42 Å². The van der Waals surface area contributed by atoms with Crippen molar-refractivity contribution in [2.24, 2.45) is 5.92 Å². The predicted octanol–water partition coefficient (Wildman–Crippen LogP) is 2.01. The van der Waals surface area contributed by atoms with Crippen molar-refractivity contribution in [1.29, 1.82) is 0 Å². The van der Waals surface area contributed by atoms with E-state index in [2.05, 4.69) is 0 Å². The highest BCUT2D eigenvalue weighted by atomic mass is 32.2. The number of carboxylic acids is 1. The molecule has 0 saturated heterocycles. The second-order valence-electron chi connectivity index (χ2n) is 5.79. The first-order chi connectivity index (χ1) is 10.2. The summed E-state index contributed by atoms with van der Waals surface area (Å²) in [6.07, 6.45) is 3.71. The molecule has 1 fully saturated rings. The van der Waals surface area contributed by atoms with Crippen molar-refractivity contribution in [3.63, 3.8) is 0 Å². The van der Waals surface area contributed by atoms with Crippen molar-refractivity contribution in [2.45, 2.75) is 69.6 Å². The zero-order valence-electron chi connectivity index (χ0n) is 12.9. The van der Waals surface area contributed by atoms with Gasteiger partial charge in [-0.25, -0.2) is 0 Å². The number of esters is 1. The molecule has 0 heterocycles. The topological polar surface area (TPSA) is 118 Å². The van der Waals surface area contributed by atoms with Crippen molar-refractivity contribution in [1.82, 2.24) is 0 Å². The predicted molar refractivity (Wildman–Crippen MR) is 79.0 cm³/mol. The molecule has 0 bridgehead atoms. The van der Waals surface area contributed by atoms with E-state index < -0.39 is 39.3 Å². The molecule has 0 radical (unpaired) electrons. The van der Waals surface area contributed by atoms with Gasteiger partial charge in [-0.05, 0) is 38.0 Å². The molecule has 1 aliphatic carbocycles. The van der Waals surface area contributed by atoms with Crippen LogP contribution in [0.4, 0.5) is 0 Å². The fraction of sp³-hybridized carbons (Fsp3) is 0.857. The van der Waals surface area contributed by atoms with Crippen LogP contribution in [-0.2, 0) is 24.4 Å². The Balaban J connectivity index is 3.01. The summed E-state index contributed by atoms with van der Waals surface area (Å²) in [7, 11) is -4.82. The van der Waals surface area contributed by atoms with Crippen molar-refractivity contribution in [2.75, 3.05) is 0 Å². The molecule has 0 aromatic rings. The van der Waals surface area contributed by atoms with Crippen molar-refractivity contribution in [3.8, 4) is 0 Å². The summed E-state index contributed by atoms with van der Waals surface area (Å²) in [4.78, 5) is 22.9. The van der Waals surface area contributed by atoms with Gasteiger partial charge in [0.15, 0.2) is 5.25 Å². The number of hydrogen-bond donors (Lipinski definition) is 2. The molecule has 0 aromatic carbocycles. The molecule has 128 valence electrons. The molecule has 2 N–H and O–H groups in total. The molecular formula is C14H24O7S. The Morgan fingerprint density at radius 2 is 1.95 bits per heavy atom. The Morgan fingerprint density at radius 1 is 1.32 bits per heavy atom. The maximum Gasteiger partial charge on any atom is 0.328 e. The standard InChI is InChI=1S/C14H24O7S/c1-3-10-7-5-6-8-14(10,4-2)21-13(17)11(9-12(15)16)22(18,19)20/h10-11H,3-9H2,1-2H3,(H,15,16)(H,18,19,20). The smallest absolute Gasteiger partial charge is 0.328 e. The third-order valence-corrected chi connectivity index (χ3v) is 5.60. The number of carbonyl (C=O) groups excluding carboxylic acids is 1. The summed E-state index contributed by atoms with van der Waals surface area (Å²) < 4.78 is 37.2. The lowest BCUT2D eigenvalue weighted by atomic mass is 9.72. The van der Waals surface area contributed by atoms with Crippen molar-refractivity contribution < 1.29 is 32.4 Å². The van der Waals surface area contributed by atoms with Crippen LogP contribution in [0.2, 0.25) is 0 Å².